The number of nitriles is 1. The Bertz CT molecular complexity index is 701. The first kappa shape index (κ1) is 13.8. The second-order valence-corrected chi connectivity index (χ2v) is 4.67. The second kappa shape index (κ2) is 5.54. The van der Waals surface area contributed by atoms with E-state index in [2.05, 4.69) is 4.98 Å². The molecule has 0 fully saturated rings. The number of anilines is 1. The summed E-state index contributed by atoms with van der Waals surface area (Å²) < 4.78 is 0. The largest absolute Gasteiger partial charge is 0.310 e. The maximum absolute atomic E-state index is 12.4. The van der Waals surface area contributed by atoms with Crippen molar-refractivity contribution >= 4 is 11.6 Å². The summed E-state index contributed by atoms with van der Waals surface area (Å²) in [4.78, 5) is 18.0. The number of rotatable bonds is 2. The van der Waals surface area contributed by atoms with Crippen molar-refractivity contribution in [2.24, 2.45) is 0 Å². The molecular weight excluding hydrogens is 250 g/mol. The first-order valence-corrected chi connectivity index (χ1v) is 6.25. The average Bonchev–Trinajstić information content (AvgIpc) is 2.48. The second-order valence-electron chi connectivity index (χ2n) is 4.67. The summed E-state index contributed by atoms with van der Waals surface area (Å²) in [5.74, 6) is -0.226. The Labute approximate surface area is 118 Å². The van der Waals surface area contributed by atoms with Gasteiger partial charge in [0, 0.05) is 12.7 Å². The van der Waals surface area contributed by atoms with Gasteiger partial charge >= 0.3 is 0 Å². The van der Waals surface area contributed by atoms with Crippen molar-refractivity contribution in [3.8, 4) is 6.07 Å². The van der Waals surface area contributed by atoms with Crippen molar-refractivity contribution in [3.63, 3.8) is 0 Å². The SMILES string of the molecule is Cc1ccc(C)c(N(C)C(=O)c2cccc(C#N)n2)c1. The van der Waals surface area contributed by atoms with E-state index in [1.807, 2.05) is 38.1 Å². The van der Waals surface area contributed by atoms with E-state index >= 15 is 0 Å². The minimum absolute atomic E-state index is 0.226. The monoisotopic (exact) mass is 265 g/mol. The predicted molar refractivity (Wildman–Crippen MR) is 77.6 cm³/mol. The molecule has 0 atom stereocenters. The van der Waals surface area contributed by atoms with Crippen LogP contribution in [0.3, 0.4) is 0 Å². The zero-order chi connectivity index (χ0) is 14.7. The van der Waals surface area contributed by atoms with Crippen molar-refractivity contribution < 1.29 is 4.79 Å². The van der Waals surface area contributed by atoms with Crippen LogP contribution >= 0.6 is 0 Å². The third kappa shape index (κ3) is 2.67. The Balaban J connectivity index is 2.37. The number of hydrogen-bond donors (Lipinski definition) is 0. The van der Waals surface area contributed by atoms with E-state index < -0.39 is 0 Å². The van der Waals surface area contributed by atoms with Gasteiger partial charge in [-0.1, -0.05) is 18.2 Å². The van der Waals surface area contributed by atoms with Crippen LogP contribution in [0.15, 0.2) is 36.4 Å². The summed E-state index contributed by atoms with van der Waals surface area (Å²) in [5, 5.41) is 8.84. The molecule has 1 aromatic carbocycles. The van der Waals surface area contributed by atoms with E-state index in [1.165, 1.54) is 0 Å². The molecule has 100 valence electrons. The Morgan fingerprint density at radius 2 is 2.00 bits per heavy atom. The number of amides is 1. The number of nitrogens with zero attached hydrogens (tertiary/aromatic N) is 3. The molecule has 0 N–H and O–H groups in total. The quantitative estimate of drug-likeness (QED) is 0.839. The van der Waals surface area contributed by atoms with E-state index in [4.69, 9.17) is 5.26 Å². The third-order valence-electron chi connectivity index (χ3n) is 3.11. The zero-order valence-corrected chi connectivity index (χ0v) is 11.7. The fourth-order valence-electron chi connectivity index (χ4n) is 1.98. The van der Waals surface area contributed by atoms with Gasteiger partial charge in [-0.05, 0) is 43.2 Å². The molecule has 2 aromatic rings. The Hall–Kier alpha value is -2.67. The summed E-state index contributed by atoms with van der Waals surface area (Å²) in [6.45, 7) is 3.94. The molecule has 0 bridgehead atoms. The first-order valence-electron chi connectivity index (χ1n) is 6.25. The predicted octanol–water partition coefficient (Wildman–Crippen LogP) is 2.85. The van der Waals surface area contributed by atoms with E-state index in [9.17, 15) is 4.79 Å². The Morgan fingerprint density at radius 1 is 1.25 bits per heavy atom. The van der Waals surface area contributed by atoms with Gasteiger partial charge in [-0.2, -0.15) is 5.26 Å². The Morgan fingerprint density at radius 3 is 2.70 bits per heavy atom. The van der Waals surface area contributed by atoms with Gasteiger partial charge in [0.2, 0.25) is 0 Å². The van der Waals surface area contributed by atoms with Gasteiger partial charge in [0.15, 0.2) is 0 Å². The van der Waals surface area contributed by atoms with Crippen LogP contribution in [0.25, 0.3) is 0 Å². The molecule has 4 heteroatoms. The van der Waals surface area contributed by atoms with Gasteiger partial charge in [0.25, 0.3) is 5.91 Å². The summed E-state index contributed by atoms with van der Waals surface area (Å²) in [5.41, 5.74) is 3.46. The normalized spacial score (nSPS) is 9.90. The summed E-state index contributed by atoms with van der Waals surface area (Å²) >= 11 is 0. The molecule has 0 aliphatic rings. The van der Waals surface area contributed by atoms with Gasteiger partial charge in [-0.25, -0.2) is 4.98 Å². The lowest BCUT2D eigenvalue weighted by Gasteiger charge is -2.19. The molecule has 1 aromatic heterocycles. The smallest absolute Gasteiger partial charge is 0.276 e. The van der Waals surface area contributed by atoms with E-state index in [0.717, 1.165) is 16.8 Å². The van der Waals surface area contributed by atoms with E-state index in [0.29, 0.717) is 0 Å². The molecule has 0 aliphatic heterocycles. The summed E-state index contributed by atoms with van der Waals surface area (Å²) in [6, 6.07) is 12.7. The first-order chi connectivity index (χ1) is 9.52. The fourth-order valence-corrected chi connectivity index (χ4v) is 1.98. The molecule has 0 spiro atoms. The maximum Gasteiger partial charge on any atom is 0.276 e. The van der Waals surface area contributed by atoms with Crippen LogP contribution in [0, 0.1) is 25.2 Å². The van der Waals surface area contributed by atoms with Gasteiger partial charge in [0.1, 0.15) is 17.5 Å². The molecule has 0 saturated carbocycles. The van der Waals surface area contributed by atoms with Crippen LogP contribution in [0.2, 0.25) is 0 Å². The number of aryl methyl sites for hydroxylation is 2. The lowest BCUT2D eigenvalue weighted by atomic mass is 10.1. The van der Waals surface area contributed by atoms with Gasteiger partial charge in [0.05, 0.1) is 0 Å². The van der Waals surface area contributed by atoms with Crippen LogP contribution in [0.1, 0.15) is 27.3 Å². The van der Waals surface area contributed by atoms with Gasteiger partial charge in [-0.15, -0.1) is 0 Å². The van der Waals surface area contributed by atoms with Crippen molar-refractivity contribution in [3.05, 3.63) is 58.9 Å². The van der Waals surface area contributed by atoms with Crippen molar-refractivity contribution in [2.45, 2.75) is 13.8 Å². The number of benzene rings is 1. The fraction of sp³-hybridized carbons (Fsp3) is 0.188. The number of carbonyl (C=O) groups excluding carboxylic acids is 1. The molecule has 1 heterocycles. The lowest BCUT2D eigenvalue weighted by Crippen LogP contribution is -2.28. The summed E-state index contributed by atoms with van der Waals surface area (Å²) in [7, 11) is 1.71. The van der Waals surface area contributed by atoms with Crippen molar-refractivity contribution in [2.75, 3.05) is 11.9 Å². The van der Waals surface area contributed by atoms with Crippen molar-refractivity contribution in [1.82, 2.24) is 4.98 Å². The zero-order valence-electron chi connectivity index (χ0n) is 11.7. The number of pyridine rings is 1. The van der Waals surface area contributed by atoms with Crippen LogP contribution in [0.4, 0.5) is 5.69 Å². The molecule has 4 nitrogen and oxygen atoms in total. The third-order valence-corrected chi connectivity index (χ3v) is 3.11. The molecule has 0 saturated heterocycles. The maximum atomic E-state index is 12.4. The molecular formula is C16H15N3O. The van der Waals surface area contributed by atoms with Crippen LogP contribution in [-0.2, 0) is 0 Å². The number of carbonyl (C=O) groups is 1. The molecule has 2 rings (SSSR count). The molecule has 1 amide bonds. The molecule has 0 unspecified atom stereocenters. The molecule has 20 heavy (non-hydrogen) atoms. The van der Waals surface area contributed by atoms with Gasteiger partial charge in [-0.3, -0.25) is 4.79 Å². The summed E-state index contributed by atoms with van der Waals surface area (Å²) in [6.07, 6.45) is 0. The average molecular weight is 265 g/mol. The minimum atomic E-state index is -0.226. The van der Waals surface area contributed by atoms with Crippen LogP contribution < -0.4 is 4.90 Å². The van der Waals surface area contributed by atoms with Gasteiger partial charge < -0.3 is 4.90 Å². The Kier molecular flexibility index (Phi) is 3.81. The highest BCUT2D eigenvalue weighted by Crippen LogP contribution is 2.21. The standard InChI is InChI=1S/C16H15N3O/c1-11-7-8-12(2)15(9-11)19(3)16(20)14-6-4-5-13(10-17)18-14/h4-9H,1-3H3. The van der Waals surface area contributed by atoms with E-state index in [1.54, 1.807) is 30.1 Å². The molecule has 0 radical (unpaired) electrons. The number of hydrogen-bond acceptors (Lipinski definition) is 3. The topological polar surface area (TPSA) is 57.0 Å². The van der Waals surface area contributed by atoms with Crippen LogP contribution in [0.5, 0.6) is 0 Å². The van der Waals surface area contributed by atoms with Crippen molar-refractivity contribution in [1.29, 1.82) is 5.26 Å². The van der Waals surface area contributed by atoms with E-state index in [-0.39, 0.29) is 17.3 Å². The molecule has 0 aliphatic carbocycles. The highest BCUT2D eigenvalue weighted by Gasteiger charge is 2.16. The highest BCUT2D eigenvalue weighted by molar-refractivity contribution is 6.04. The highest BCUT2D eigenvalue weighted by atomic mass is 16.2. The number of aromatic nitrogens is 1. The minimum Gasteiger partial charge on any atom is -0.310 e. The lowest BCUT2D eigenvalue weighted by molar-refractivity contribution is 0.0988. The van der Waals surface area contributed by atoms with Crippen LogP contribution in [-0.4, -0.2) is 17.9 Å².